The lowest BCUT2D eigenvalue weighted by Gasteiger charge is -2.27. The summed E-state index contributed by atoms with van der Waals surface area (Å²) >= 11 is 0. The van der Waals surface area contributed by atoms with Gasteiger partial charge in [0, 0.05) is 25.4 Å². The number of esters is 1. The molecular weight excluding hydrogens is 404 g/mol. The molecule has 6 nitrogen and oxygen atoms in total. The van der Waals surface area contributed by atoms with E-state index in [-0.39, 0.29) is 18.5 Å². The number of hydrogen-bond acceptors (Lipinski definition) is 4. The molecule has 6 heteroatoms. The van der Waals surface area contributed by atoms with E-state index < -0.39 is 5.97 Å². The minimum atomic E-state index is -0.423. The quantitative estimate of drug-likeness (QED) is 0.149. The molecule has 0 aliphatic carbocycles. The van der Waals surface area contributed by atoms with Crippen LogP contribution in [0.3, 0.4) is 0 Å². The highest BCUT2D eigenvalue weighted by atomic mass is 16.5. The van der Waals surface area contributed by atoms with E-state index in [1.807, 2.05) is 4.90 Å². The van der Waals surface area contributed by atoms with Gasteiger partial charge in [0.05, 0.1) is 7.11 Å². The van der Waals surface area contributed by atoms with E-state index in [1.165, 1.54) is 20.0 Å². The zero-order valence-electron chi connectivity index (χ0n) is 21.1. The first-order valence-corrected chi connectivity index (χ1v) is 12.7. The monoisotopic (exact) mass is 452 g/mol. The summed E-state index contributed by atoms with van der Waals surface area (Å²) in [5.74, 6) is -0.203. The van der Waals surface area contributed by atoms with Gasteiger partial charge in [-0.05, 0) is 58.8 Å². The average molecular weight is 453 g/mol. The van der Waals surface area contributed by atoms with Crippen LogP contribution in [-0.2, 0) is 19.1 Å². The van der Waals surface area contributed by atoms with Crippen molar-refractivity contribution < 1.29 is 19.1 Å². The molecular formula is C26H48N2O4. The van der Waals surface area contributed by atoms with Gasteiger partial charge < -0.3 is 15.0 Å². The summed E-state index contributed by atoms with van der Waals surface area (Å²) < 4.78 is 4.49. The minimum Gasteiger partial charge on any atom is -0.468 e. The molecule has 0 aliphatic rings. The number of nitrogens with one attached hydrogen (secondary N) is 1. The zero-order valence-corrected chi connectivity index (χ0v) is 21.1. The molecule has 0 saturated heterocycles. The molecule has 0 spiro atoms. The molecule has 2 amide bonds. The van der Waals surface area contributed by atoms with Crippen molar-refractivity contribution >= 4 is 17.8 Å². The van der Waals surface area contributed by atoms with Gasteiger partial charge in [-0.2, -0.15) is 0 Å². The van der Waals surface area contributed by atoms with Gasteiger partial charge in [0.1, 0.15) is 6.54 Å². The fraction of sp³-hybridized carbons (Fsp3) is 0.808. The van der Waals surface area contributed by atoms with E-state index in [1.54, 1.807) is 0 Å². The lowest BCUT2D eigenvalue weighted by atomic mass is 10.1. The third kappa shape index (κ3) is 17.8. The highest BCUT2D eigenvalue weighted by molar-refractivity contribution is 5.81. The van der Waals surface area contributed by atoms with E-state index in [9.17, 15) is 14.4 Å². The Balaban J connectivity index is 3.68. The van der Waals surface area contributed by atoms with E-state index in [0.29, 0.717) is 18.7 Å². The fourth-order valence-corrected chi connectivity index (χ4v) is 3.53. The first-order valence-electron chi connectivity index (χ1n) is 12.7. The van der Waals surface area contributed by atoms with Crippen LogP contribution in [0.5, 0.6) is 0 Å². The third-order valence-corrected chi connectivity index (χ3v) is 5.56. The molecule has 32 heavy (non-hydrogen) atoms. The summed E-state index contributed by atoms with van der Waals surface area (Å²) in [6.45, 7) is 7.23. The van der Waals surface area contributed by atoms with Gasteiger partial charge >= 0.3 is 5.97 Å². The third-order valence-electron chi connectivity index (χ3n) is 5.56. The average Bonchev–Trinajstić information content (AvgIpc) is 2.77. The van der Waals surface area contributed by atoms with Crippen molar-refractivity contribution in [2.75, 3.05) is 20.2 Å². The highest BCUT2D eigenvalue weighted by Crippen LogP contribution is 2.11. The van der Waals surface area contributed by atoms with Crippen LogP contribution in [0.4, 0.5) is 0 Å². The molecule has 0 heterocycles. The Morgan fingerprint density at radius 2 is 1.44 bits per heavy atom. The summed E-state index contributed by atoms with van der Waals surface area (Å²) in [7, 11) is 1.31. The number of unbranched alkanes of at least 4 members (excludes halogenated alkanes) is 9. The predicted octanol–water partition coefficient (Wildman–Crippen LogP) is 5.55. The second-order valence-corrected chi connectivity index (χ2v) is 8.76. The number of methoxy groups -OCH3 is 1. The number of rotatable bonds is 20. The van der Waals surface area contributed by atoms with Gasteiger partial charge in [-0.25, -0.2) is 0 Å². The number of amides is 2. The maximum atomic E-state index is 12.4. The molecule has 1 N–H and O–H groups in total. The molecule has 0 rings (SSSR count). The van der Waals surface area contributed by atoms with Crippen LogP contribution in [0.25, 0.3) is 0 Å². The Kier molecular flexibility index (Phi) is 19.8. The molecule has 0 aromatic rings. The second-order valence-electron chi connectivity index (χ2n) is 8.76. The van der Waals surface area contributed by atoms with Crippen molar-refractivity contribution in [2.24, 2.45) is 0 Å². The number of allylic oxidation sites excluding steroid dienone is 2. The first kappa shape index (κ1) is 30.1. The van der Waals surface area contributed by atoms with Crippen molar-refractivity contribution in [3.05, 3.63) is 12.2 Å². The SMILES string of the molecule is CCCCCCC(=O)N(CCCCC=CCCCCCCC(=O)NCC(=O)OC)C(C)C. The Morgan fingerprint density at radius 3 is 2.06 bits per heavy atom. The van der Waals surface area contributed by atoms with Crippen molar-refractivity contribution in [3.8, 4) is 0 Å². The second kappa shape index (κ2) is 21.0. The van der Waals surface area contributed by atoms with E-state index in [4.69, 9.17) is 0 Å². The Bertz CT molecular complexity index is 532. The van der Waals surface area contributed by atoms with Gasteiger partial charge in [0.15, 0.2) is 0 Å². The molecule has 0 atom stereocenters. The Labute approximate surface area is 196 Å². The van der Waals surface area contributed by atoms with Crippen LogP contribution in [0.2, 0.25) is 0 Å². The van der Waals surface area contributed by atoms with E-state index >= 15 is 0 Å². The Morgan fingerprint density at radius 1 is 0.844 bits per heavy atom. The molecule has 0 aromatic heterocycles. The van der Waals surface area contributed by atoms with Crippen LogP contribution in [-0.4, -0.2) is 48.9 Å². The normalized spacial score (nSPS) is 11.2. The van der Waals surface area contributed by atoms with E-state index in [2.05, 4.69) is 43.0 Å². The lowest BCUT2D eigenvalue weighted by molar-refractivity contribution is -0.141. The molecule has 0 aromatic carbocycles. The molecule has 0 saturated carbocycles. The maximum absolute atomic E-state index is 12.4. The number of carbonyl (C=O) groups excluding carboxylic acids is 3. The van der Waals surface area contributed by atoms with Crippen LogP contribution in [0.1, 0.15) is 111 Å². The van der Waals surface area contributed by atoms with Crippen LogP contribution < -0.4 is 5.32 Å². The Hall–Kier alpha value is -1.85. The molecule has 0 bridgehead atoms. The molecule has 0 fully saturated rings. The standard InChI is InChI=1S/C26H48N2O4/c1-5-6-7-17-20-25(30)28(23(2)3)21-18-15-13-11-9-8-10-12-14-16-19-24(29)27-22-26(31)32-4/h9,11,23H,5-8,10,12-22H2,1-4H3,(H,27,29). The summed E-state index contributed by atoms with van der Waals surface area (Å²) in [4.78, 5) is 37.0. The smallest absolute Gasteiger partial charge is 0.325 e. The largest absolute Gasteiger partial charge is 0.468 e. The topological polar surface area (TPSA) is 75.7 Å². The minimum absolute atomic E-state index is 0.0506. The van der Waals surface area contributed by atoms with Crippen LogP contribution in [0, 0.1) is 0 Å². The number of ether oxygens (including phenoxy) is 1. The van der Waals surface area contributed by atoms with E-state index in [0.717, 1.165) is 70.8 Å². The lowest BCUT2D eigenvalue weighted by Crippen LogP contribution is -2.37. The van der Waals surface area contributed by atoms with Crippen LogP contribution >= 0.6 is 0 Å². The van der Waals surface area contributed by atoms with Gasteiger partial charge in [-0.1, -0.05) is 51.2 Å². The summed E-state index contributed by atoms with van der Waals surface area (Å²) in [6.07, 6.45) is 18.7. The summed E-state index contributed by atoms with van der Waals surface area (Å²) in [6, 6.07) is 0.281. The van der Waals surface area contributed by atoms with Crippen molar-refractivity contribution in [2.45, 2.75) is 117 Å². The molecule has 0 unspecified atom stereocenters. The maximum Gasteiger partial charge on any atom is 0.325 e. The molecule has 186 valence electrons. The van der Waals surface area contributed by atoms with Crippen molar-refractivity contribution in [1.82, 2.24) is 10.2 Å². The van der Waals surface area contributed by atoms with Gasteiger partial charge in [0.25, 0.3) is 0 Å². The van der Waals surface area contributed by atoms with Gasteiger partial charge in [-0.3, -0.25) is 14.4 Å². The number of hydrogen-bond donors (Lipinski definition) is 1. The summed E-state index contributed by atoms with van der Waals surface area (Å²) in [5.41, 5.74) is 0. The first-order chi connectivity index (χ1) is 15.4. The highest BCUT2D eigenvalue weighted by Gasteiger charge is 2.15. The molecule has 0 aliphatic heterocycles. The van der Waals surface area contributed by atoms with Crippen LogP contribution in [0.15, 0.2) is 12.2 Å². The predicted molar refractivity (Wildman–Crippen MR) is 131 cm³/mol. The van der Waals surface area contributed by atoms with Gasteiger partial charge in [-0.15, -0.1) is 0 Å². The van der Waals surface area contributed by atoms with Gasteiger partial charge in [0.2, 0.25) is 11.8 Å². The van der Waals surface area contributed by atoms with Crippen molar-refractivity contribution in [3.63, 3.8) is 0 Å². The number of carbonyl (C=O) groups is 3. The zero-order chi connectivity index (χ0) is 24.0. The fourth-order valence-electron chi connectivity index (χ4n) is 3.53. The molecule has 0 radical (unpaired) electrons. The summed E-state index contributed by atoms with van der Waals surface area (Å²) in [5, 5.41) is 2.56. The number of nitrogens with zero attached hydrogens (tertiary/aromatic N) is 1. The van der Waals surface area contributed by atoms with Crippen molar-refractivity contribution in [1.29, 1.82) is 0 Å².